The number of hydrogen-bond acceptors (Lipinski definition) is 3. The van der Waals surface area contributed by atoms with Crippen LogP contribution in [0.15, 0.2) is 54.4 Å². The number of ether oxygens (including phenoxy) is 2. The van der Waals surface area contributed by atoms with Crippen LogP contribution >= 0.6 is 0 Å². The SMILES string of the molecule is CCOc1cccc(NC(=O)c2c[nH]c3c2C/C(OC)=C\C=C/C3)c1. The van der Waals surface area contributed by atoms with E-state index >= 15 is 0 Å². The highest BCUT2D eigenvalue weighted by molar-refractivity contribution is 6.05. The molecule has 1 amide bonds. The summed E-state index contributed by atoms with van der Waals surface area (Å²) in [5, 5.41) is 2.94. The molecule has 0 aliphatic heterocycles. The summed E-state index contributed by atoms with van der Waals surface area (Å²) >= 11 is 0. The number of hydrogen-bond donors (Lipinski definition) is 2. The number of nitrogens with one attached hydrogen (secondary N) is 2. The quantitative estimate of drug-likeness (QED) is 0.870. The van der Waals surface area contributed by atoms with Crippen molar-refractivity contribution in [3.05, 3.63) is 71.3 Å². The summed E-state index contributed by atoms with van der Waals surface area (Å²) in [4.78, 5) is 16.0. The number of rotatable bonds is 5. The van der Waals surface area contributed by atoms with Gasteiger partial charge >= 0.3 is 0 Å². The molecule has 0 bridgehead atoms. The molecular formula is C20H22N2O3. The molecule has 25 heavy (non-hydrogen) atoms. The van der Waals surface area contributed by atoms with Crippen LogP contribution in [-0.4, -0.2) is 24.6 Å². The van der Waals surface area contributed by atoms with Crippen molar-refractivity contribution in [2.75, 3.05) is 19.0 Å². The van der Waals surface area contributed by atoms with Gasteiger partial charge in [-0.3, -0.25) is 4.79 Å². The highest BCUT2D eigenvalue weighted by atomic mass is 16.5. The van der Waals surface area contributed by atoms with Crippen LogP contribution in [0.25, 0.3) is 0 Å². The molecule has 2 aromatic rings. The van der Waals surface area contributed by atoms with Crippen molar-refractivity contribution in [3.63, 3.8) is 0 Å². The van der Waals surface area contributed by atoms with Crippen molar-refractivity contribution in [2.24, 2.45) is 0 Å². The second-order valence-electron chi connectivity index (χ2n) is 5.72. The molecule has 1 aromatic heterocycles. The molecule has 0 fully saturated rings. The van der Waals surface area contributed by atoms with E-state index in [1.54, 1.807) is 13.3 Å². The van der Waals surface area contributed by atoms with Gasteiger partial charge in [0.2, 0.25) is 0 Å². The van der Waals surface area contributed by atoms with Crippen LogP contribution in [0.1, 0.15) is 28.5 Å². The summed E-state index contributed by atoms with van der Waals surface area (Å²) in [5.41, 5.74) is 3.34. The normalized spacial score (nSPS) is 16.6. The minimum Gasteiger partial charge on any atom is -0.501 e. The average Bonchev–Trinajstić information content (AvgIpc) is 2.97. The summed E-state index contributed by atoms with van der Waals surface area (Å²) in [6, 6.07) is 7.40. The van der Waals surface area contributed by atoms with Crippen LogP contribution in [0.5, 0.6) is 5.75 Å². The maximum atomic E-state index is 12.8. The minimum atomic E-state index is -0.147. The fraction of sp³-hybridized carbons (Fsp3) is 0.250. The molecule has 0 spiro atoms. The number of carbonyl (C=O) groups excluding carboxylic acids is 1. The Labute approximate surface area is 147 Å². The maximum Gasteiger partial charge on any atom is 0.257 e. The molecule has 1 aliphatic rings. The molecule has 0 saturated carbocycles. The van der Waals surface area contributed by atoms with Gasteiger partial charge in [0, 0.05) is 36.5 Å². The second kappa shape index (κ2) is 7.75. The van der Waals surface area contributed by atoms with Gasteiger partial charge in [0.1, 0.15) is 5.75 Å². The zero-order valence-electron chi connectivity index (χ0n) is 14.5. The van der Waals surface area contributed by atoms with Crippen LogP contribution in [0.2, 0.25) is 0 Å². The van der Waals surface area contributed by atoms with Crippen molar-refractivity contribution in [3.8, 4) is 5.75 Å². The van der Waals surface area contributed by atoms with Crippen LogP contribution in [-0.2, 0) is 17.6 Å². The van der Waals surface area contributed by atoms with Crippen LogP contribution in [0.3, 0.4) is 0 Å². The number of allylic oxidation sites excluding steroid dienone is 4. The van der Waals surface area contributed by atoms with E-state index in [4.69, 9.17) is 9.47 Å². The molecule has 1 aliphatic carbocycles. The lowest BCUT2D eigenvalue weighted by molar-refractivity contribution is 0.102. The standard InChI is InChI=1S/C20H22N2O3/c1-3-25-16-9-6-7-14(11-16)22-20(23)18-13-21-19-10-5-4-8-15(24-2)12-17(18)19/h4-9,11,13,21H,3,10,12H2,1-2H3,(H,22,23)/b5-4-,15-8+. The Balaban J connectivity index is 1.83. The van der Waals surface area contributed by atoms with Crippen LogP contribution in [0.4, 0.5) is 5.69 Å². The van der Waals surface area contributed by atoms with Gasteiger partial charge in [-0.2, -0.15) is 0 Å². The summed E-state index contributed by atoms with van der Waals surface area (Å²) in [7, 11) is 1.65. The molecule has 130 valence electrons. The maximum absolute atomic E-state index is 12.8. The summed E-state index contributed by atoms with van der Waals surface area (Å²) < 4.78 is 10.9. The van der Waals surface area contributed by atoms with Crippen molar-refractivity contribution in [1.82, 2.24) is 4.98 Å². The smallest absolute Gasteiger partial charge is 0.257 e. The van der Waals surface area contributed by atoms with Gasteiger partial charge in [0.15, 0.2) is 0 Å². The number of benzene rings is 1. The molecule has 2 N–H and O–H groups in total. The van der Waals surface area contributed by atoms with E-state index in [0.717, 1.165) is 29.2 Å². The summed E-state index contributed by atoms with van der Waals surface area (Å²) in [6.07, 6.45) is 9.06. The van der Waals surface area contributed by atoms with E-state index in [2.05, 4.69) is 10.3 Å². The molecule has 3 rings (SSSR count). The van der Waals surface area contributed by atoms with E-state index in [0.29, 0.717) is 24.3 Å². The molecule has 0 saturated heterocycles. The highest BCUT2D eigenvalue weighted by Crippen LogP contribution is 2.24. The number of fused-ring (bicyclic) bond motifs is 1. The summed E-state index contributed by atoms with van der Waals surface area (Å²) in [6.45, 7) is 2.51. The number of carbonyl (C=O) groups is 1. The number of methoxy groups -OCH3 is 1. The Morgan fingerprint density at radius 2 is 2.24 bits per heavy atom. The monoisotopic (exact) mass is 338 g/mol. The molecule has 1 heterocycles. The predicted molar refractivity (Wildman–Crippen MR) is 98.0 cm³/mol. The van der Waals surface area contributed by atoms with Crippen LogP contribution in [0, 0.1) is 0 Å². The molecule has 0 radical (unpaired) electrons. The first-order valence-electron chi connectivity index (χ1n) is 8.34. The topological polar surface area (TPSA) is 63.3 Å². The lowest BCUT2D eigenvalue weighted by Crippen LogP contribution is -2.14. The third kappa shape index (κ3) is 3.94. The van der Waals surface area contributed by atoms with Crippen molar-refractivity contribution in [2.45, 2.75) is 19.8 Å². The second-order valence-corrected chi connectivity index (χ2v) is 5.72. The van der Waals surface area contributed by atoms with E-state index in [1.165, 1.54) is 0 Å². The summed E-state index contributed by atoms with van der Waals surface area (Å²) in [5.74, 6) is 1.41. The molecule has 0 unspecified atom stereocenters. The molecule has 5 nitrogen and oxygen atoms in total. The van der Waals surface area contributed by atoms with E-state index in [9.17, 15) is 4.79 Å². The van der Waals surface area contributed by atoms with Crippen molar-refractivity contribution in [1.29, 1.82) is 0 Å². The first-order chi connectivity index (χ1) is 12.2. The van der Waals surface area contributed by atoms with Gasteiger partial charge < -0.3 is 19.8 Å². The Bertz CT molecular complexity index is 818. The Morgan fingerprint density at radius 3 is 3.04 bits per heavy atom. The van der Waals surface area contributed by atoms with Gasteiger partial charge in [0.05, 0.1) is 25.0 Å². The van der Waals surface area contributed by atoms with Gasteiger partial charge in [-0.1, -0.05) is 18.2 Å². The van der Waals surface area contributed by atoms with Gasteiger partial charge in [-0.05, 0) is 30.7 Å². The van der Waals surface area contributed by atoms with Gasteiger partial charge in [-0.25, -0.2) is 0 Å². The van der Waals surface area contributed by atoms with E-state index in [1.807, 2.05) is 49.4 Å². The Morgan fingerprint density at radius 1 is 1.36 bits per heavy atom. The largest absolute Gasteiger partial charge is 0.501 e. The number of aromatic nitrogens is 1. The Hall–Kier alpha value is -2.95. The number of anilines is 1. The zero-order chi connectivity index (χ0) is 17.6. The van der Waals surface area contributed by atoms with Crippen molar-refractivity contribution >= 4 is 11.6 Å². The zero-order valence-corrected chi connectivity index (χ0v) is 14.5. The first-order valence-corrected chi connectivity index (χ1v) is 8.34. The predicted octanol–water partition coefficient (Wildman–Crippen LogP) is 3.85. The molecular weight excluding hydrogens is 316 g/mol. The lowest BCUT2D eigenvalue weighted by atomic mass is 10.0. The van der Waals surface area contributed by atoms with Crippen LogP contribution < -0.4 is 10.1 Å². The fourth-order valence-electron chi connectivity index (χ4n) is 2.85. The highest BCUT2D eigenvalue weighted by Gasteiger charge is 2.19. The van der Waals surface area contributed by atoms with Gasteiger partial charge in [-0.15, -0.1) is 0 Å². The first kappa shape index (κ1) is 16.9. The third-order valence-electron chi connectivity index (χ3n) is 4.08. The molecule has 1 aromatic carbocycles. The van der Waals surface area contributed by atoms with Gasteiger partial charge in [0.25, 0.3) is 5.91 Å². The molecule has 0 atom stereocenters. The minimum absolute atomic E-state index is 0.147. The van der Waals surface area contributed by atoms with E-state index < -0.39 is 0 Å². The fourth-order valence-corrected chi connectivity index (χ4v) is 2.85. The van der Waals surface area contributed by atoms with E-state index in [-0.39, 0.29) is 5.91 Å². The lowest BCUT2D eigenvalue weighted by Gasteiger charge is -2.12. The third-order valence-corrected chi connectivity index (χ3v) is 4.08. The molecule has 5 heteroatoms. The number of H-pyrrole nitrogens is 1. The number of amides is 1. The Kier molecular flexibility index (Phi) is 5.23. The average molecular weight is 338 g/mol. The van der Waals surface area contributed by atoms with Crippen molar-refractivity contribution < 1.29 is 14.3 Å². The number of aromatic amines is 1.